The summed E-state index contributed by atoms with van der Waals surface area (Å²) >= 11 is 0. The number of carboxylic acid groups (broad SMARTS) is 1. The fourth-order valence-corrected chi connectivity index (χ4v) is 4.59. The molecule has 0 aliphatic heterocycles. The molecule has 9 nitrogen and oxygen atoms in total. The minimum absolute atomic E-state index is 0.0704. The van der Waals surface area contributed by atoms with Gasteiger partial charge in [0, 0.05) is 23.4 Å². The molecule has 0 unspecified atom stereocenters. The van der Waals surface area contributed by atoms with Crippen molar-refractivity contribution in [3.8, 4) is 11.4 Å². The van der Waals surface area contributed by atoms with Gasteiger partial charge < -0.3 is 10.8 Å². The van der Waals surface area contributed by atoms with E-state index in [1.54, 1.807) is 0 Å². The number of anilines is 1. The molecule has 0 aliphatic rings. The van der Waals surface area contributed by atoms with E-state index in [1.165, 1.54) is 5.56 Å². The Morgan fingerprint density at radius 3 is 2.60 bits per heavy atom. The van der Waals surface area contributed by atoms with Crippen LogP contribution in [0.2, 0.25) is 0 Å². The average molecular weight is 562 g/mol. The third-order valence-corrected chi connectivity index (χ3v) is 6.76. The molecule has 3 N–H and O–H groups in total. The zero-order valence-electron chi connectivity index (χ0n) is 22.4. The zero-order chi connectivity index (χ0) is 28.3. The Balaban J connectivity index is 1.35. The number of benzene rings is 2. The van der Waals surface area contributed by atoms with Crippen molar-refractivity contribution >= 4 is 41.5 Å². The van der Waals surface area contributed by atoms with E-state index in [0.717, 1.165) is 51.6 Å². The van der Waals surface area contributed by atoms with E-state index < -0.39 is 5.97 Å². The predicted molar refractivity (Wildman–Crippen MR) is 155 cm³/mol. The van der Waals surface area contributed by atoms with Gasteiger partial charge in [-0.15, -0.1) is 0 Å². The van der Waals surface area contributed by atoms with Crippen molar-refractivity contribution in [1.82, 2.24) is 9.97 Å². The summed E-state index contributed by atoms with van der Waals surface area (Å²) in [5.74, 6) is 0.332. The molecule has 40 heavy (non-hydrogen) atoms. The smallest absolute Gasteiger partial charge is 0.481 e. The molecule has 0 bridgehead atoms. The van der Waals surface area contributed by atoms with Crippen molar-refractivity contribution < 1.29 is 28.7 Å². The van der Waals surface area contributed by atoms with Crippen LogP contribution in [0.5, 0.6) is 5.75 Å². The maximum absolute atomic E-state index is 10.9. The number of fused-ring (bicyclic) bond motifs is 3. The molecule has 0 aliphatic carbocycles. The summed E-state index contributed by atoms with van der Waals surface area (Å²) in [4.78, 5) is 20.1. The molecule has 2 heterocycles. The molecule has 2 aromatic heterocycles. The van der Waals surface area contributed by atoms with Gasteiger partial charge in [0.05, 0.1) is 5.52 Å². The second-order valence-electron chi connectivity index (χ2n) is 9.33. The van der Waals surface area contributed by atoms with E-state index >= 15 is 0 Å². The van der Waals surface area contributed by atoms with E-state index in [-0.39, 0.29) is 20.9 Å². The van der Waals surface area contributed by atoms with Crippen LogP contribution in [0.15, 0.2) is 48.7 Å². The average Bonchev–Trinajstić information content (AvgIpc) is 2.94. The number of carboxylic acids is 1. The summed E-state index contributed by atoms with van der Waals surface area (Å²) in [7, 11) is -0.151. The first-order chi connectivity index (χ1) is 19.4. The van der Waals surface area contributed by atoms with Crippen LogP contribution in [0.3, 0.4) is 0 Å². The maximum atomic E-state index is 10.9. The van der Waals surface area contributed by atoms with E-state index in [1.807, 2.05) is 36.5 Å². The Morgan fingerprint density at radius 1 is 0.975 bits per heavy atom. The number of pyridine rings is 2. The number of carbonyl (C=O) groups is 1. The molecule has 0 saturated carbocycles. The van der Waals surface area contributed by atoms with Gasteiger partial charge in [-0.25, -0.2) is 4.98 Å². The molecule has 208 valence electrons. The summed E-state index contributed by atoms with van der Waals surface area (Å²) in [6, 6.07) is 14.0. The van der Waals surface area contributed by atoms with E-state index in [9.17, 15) is 9.36 Å². The number of nitrogen functional groups attached to an aromatic ring is 1. The van der Waals surface area contributed by atoms with E-state index in [2.05, 4.69) is 34.7 Å². The van der Waals surface area contributed by atoms with Gasteiger partial charge in [-0.1, -0.05) is 12.1 Å². The fourth-order valence-electron chi connectivity index (χ4n) is 4.44. The van der Waals surface area contributed by atoms with Crippen molar-refractivity contribution in [3.63, 3.8) is 0 Å². The molecule has 0 radical (unpaired) electrons. The minimum Gasteiger partial charge on any atom is -0.481 e. The number of nitrogens with two attached hydrogens (primary N) is 1. The molecule has 0 amide bonds. The normalized spacial score (nSPS) is 11.0. The first-order valence-electron chi connectivity index (χ1n) is 13.1. The molecule has 10 heteroatoms. The summed E-state index contributed by atoms with van der Waals surface area (Å²) in [6.45, 7) is 4.03. The summed E-state index contributed by atoms with van der Waals surface area (Å²) in [5.41, 5.74) is 14.5. The van der Waals surface area contributed by atoms with Gasteiger partial charge in [0.2, 0.25) is 0 Å². The van der Waals surface area contributed by atoms with Crippen LogP contribution in [0, 0.1) is 12.6 Å². The number of hydrogen-bond donors (Lipinski definition) is 2. The van der Waals surface area contributed by atoms with Crippen molar-refractivity contribution in [2.45, 2.75) is 32.6 Å². The third kappa shape index (κ3) is 8.13. The number of ether oxygens (including phenoxy) is 3. The van der Waals surface area contributed by atoms with Gasteiger partial charge in [0.1, 0.15) is 5.52 Å². The summed E-state index contributed by atoms with van der Waals surface area (Å²) < 4.78 is 26.7. The van der Waals surface area contributed by atoms with Crippen LogP contribution >= 0.6 is 7.92 Å². The number of rotatable bonds is 14. The molecule has 0 spiro atoms. The van der Waals surface area contributed by atoms with Crippen molar-refractivity contribution in [2.75, 3.05) is 38.8 Å². The molecular weight excluding hydrogens is 529 g/mol. The monoisotopic (exact) mass is 561 g/mol. The van der Waals surface area contributed by atoms with Crippen molar-refractivity contribution in [2.24, 2.45) is 0 Å². The van der Waals surface area contributed by atoms with Crippen LogP contribution in [-0.2, 0) is 38.1 Å². The minimum atomic E-state index is -0.827. The fraction of sp³-hybridized carbons (Fsp3) is 0.333. The molecule has 4 rings (SSSR count). The first kappa shape index (κ1) is 29.2. The Kier molecular flexibility index (Phi) is 10.7. The summed E-state index contributed by atoms with van der Waals surface area (Å²) in [6.07, 6.45) is 4.02. The Bertz CT molecular complexity index is 1610. The second-order valence-corrected chi connectivity index (χ2v) is 9.83. The third-order valence-electron chi connectivity index (χ3n) is 6.50. The van der Waals surface area contributed by atoms with Gasteiger partial charge in [0.15, 0.2) is 5.82 Å². The van der Waals surface area contributed by atoms with Crippen LogP contribution < -0.4 is 10.5 Å². The quantitative estimate of drug-likeness (QED) is 0.122. The van der Waals surface area contributed by atoms with Crippen molar-refractivity contribution in [3.05, 3.63) is 70.9 Å². The Labute approximate surface area is 233 Å². The van der Waals surface area contributed by atoms with Crippen LogP contribution in [0.4, 0.5) is 5.82 Å². The number of aliphatic carboxylic acids is 1. The SMILES string of the molecule is Cc1cc(OCCOCCOCC#P=O)ccc1CCc1cnc2c(N)nc3cc(CCC(=O)O)ccc3c2c1. The molecule has 2 aromatic carbocycles. The van der Waals surface area contributed by atoms with E-state index in [0.29, 0.717) is 44.2 Å². The van der Waals surface area contributed by atoms with Gasteiger partial charge in [-0.3, -0.25) is 9.78 Å². The molecule has 0 fully saturated rings. The number of aryl methyl sites for hydroxylation is 4. The van der Waals surface area contributed by atoms with E-state index in [4.69, 9.17) is 25.1 Å². The van der Waals surface area contributed by atoms with Gasteiger partial charge in [0.25, 0.3) is 0 Å². The predicted octanol–water partition coefficient (Wildman–Crippen LogP) is 5.14. The van der Waals surface area contributed by atoms with Crippen LogP contribution in [0.1, 0.15) is 28.7 Å². The van der Waals surface area contributed by atoms with Gasteiger partial charge in [-0.2, -0.15) is 0 Å². The van der Waals surface area contributed by atoms with Crippen LogP contribution in [0.25, 0.3) is 21.8 Å². The standard InChI is InChI=1S/C30H32N3O6P/c1-20-16-24(39-13-12-37-10-11-38-14-15-40-36)7-6-23(20)5-2-22-17-26-25-8-3-21(4-9-28(34)35)18-27(25)33-30(31)29(26)32-19-22/h3,6-8,16-19H,2,4-5,9-14H2,1H3,(H2,31,33)(H,34,35). The molecule has 0 atom stereocenters. The topological polar surface area (TPSA) is 134 Å². The number of nitrogens with zero attached hydrogens (tertiary/aromatic N) is 2. The van der Waals surface area contributed by atoms with Crippen LogP contribution in [-0.4, -0.2) is 54.1 Å². The zero-order valence-corrected chi connectivity index (χ0v) is 23.3. The van der Waals surface area contributed by atoms with Gasteiger partial charge in [-0.05, 0) is 55.0 Å². The van der Waals surface area contributed by atoms with Crippen molar-refractivity contribution in [1.29, 1.82) is 0 Å². The van der Waals surface area contributed by atoms with Gasteiger partial charge >= 0.3 is 101 Å². The number of aromatic nitrogens is 2. The Hall–Kier alpha value is -3.74. The summed E-state index contributed by atoms with van der Waals surface area (Å²) in [5, 5.41) is 10.9. The number of hydrogen-bond acceptors (Lipinski definition) is 8. The molecule has 4 aromatic rings. The molecule has 0 saturated heterocycles. The molecular formula is C30H32N3O6P. The first-order valence-corrected chi connectivity index (χ1v) is 13.9. The Morgan fingerprint density at radius 2 is 1.80 bits per heavy atom. The second kappa shape index (κ2) is 14.6.